The smallest absolute Gasteiger partial charge is 0.308 e. The lowest BCUT2D eigenvalue weighted by Gasteiger charge is -2.29. The molecule has 5 nitrogen and oxygen atoms in total. The van der Waals surface area contributed by atoms with Crippen LogP contribution < -0.4 is 4.90 Å². The Labute approximate surface area is 132 Å². The molecule has 122 valence electrons. The predicted molar refractivity (Wildman–Crippen MR) is 88.1 cm³/mol. The summed E-state index contributed by atoms with van der Waals surface area (Å²) in [5, 5.41) is 9.14. The number of rotatable bonds is 8. The standard InChI is InChI=1S/C17H26N2O3/c1-5-18(6-2)16(20)12-19(11-14(4)17(21)22)15-9-7-13(3)8-10-15/h7-10,14H,5-6,11-12H2,1-4H3,(H,21,22). The highest BCUT2D eigenvalue weighted by Gasteiger charge is 2.20. The topological polar surface area (TPSA) is 60.9 Å². The van der Waals surface area contributed by atoms with Crippen LogP contribution in [0.4, 0.5) is 5.69 Å². The number of anilines is 1. The van der Waals surface area contributed by atoms with Gasteiger partial charge in [0.1, 0.15) is 0 Å². The first-order chi connectivity index (χ1) is 10.4. The Bertz CT molecular complexity index is 495. The highest BCUT2D eigenvalue weighted by Crippen LogP contribution is 2.17. The molecule has 0 saturated heterocycles. The van der Waals surface area contributed by atoms with Gasteiger partial charge in [-0.3, -0.25) is 9.59 Å². The maximum atomic E-state index is 12.3. The summed E-state index contributed by atoms with van der Waals surface area (Å²) >= 11 is 0. The minimum Gasteiger partial charge on any atom is -0.481 e. The van der Waals surface area contributed by atoms with E-state index in [1.54, 1.807) is 11.8 Å². The number of amides is 1. The molecule has 0 fully saturated rings. The van der Waals surface area contributed by atoms with Crippen molar-refractivity contribution >= 4 is 17.6 Å². The number of likely N-dealkylation sites (N-methyl/N-ethyl adjacent to an activating group) is 1. The molecule has 0 aliphatic heterocycles. The van der Waals surface area contributed by atoms with E-state index in [0.29, 0.717) is 19.6 Å². The highest BCUT2D eigenvalue weighted by molar-refractivity contribution is 5.82. The minimum absolute atomic E-state index is 0.0168. The van der Waals surface area contributed by atoms with Crippen molar-refractivity contribution in [1.29, 1.82) is 0 Å². The zero-order valence-electron chi connectivity index (χ0n) is 13.9. The van der Waals surface area contributed by atoms with Crippen molar-refractivity contribution in [2.45, 2.75) is 27.7 Å². The van der Waals surface area contributed by atoms with Crippen molar-refractivity contribution < 1.29 is 14.7 Å². The first-order valence-electron chi connectivity index (χ1n) is 7.71. The maximum Gasteiger partial charge on any atom is 0.308 e. The summed E-state index contributed by atoms with van der Waals surface area (Å²) in [4.78, 5) is 27.1. The Morgan fingerprint density at radius 3 is 2.14 bits per heavy atom. The molecule has 1 amide bonds. The summed E-state index contributed by atoms with van der Waals surface area (Å²) in [6.45, 7) is 9.36. The largest absolute Gasteiger partial charge is 0.481 e. The summed E-state index contributed by atoms with van der Waals surface area (Å²) in [7, 11) is 0. The van der Waals surface area contributed by atoms with Crippen molar-refractivity contribution in [2.24, 2.45) is 5.92 Å². The van der Waals surface area contributed by atoms with Crippen LogP contribution in [0, 0.1) is 12.8 Å². The predicted octanol–water partition coefficient (Wildman–Crippen LogP) is 2.39. The second kappa shape index (κ2) is 8.41. The molecule has 1 atom stereocenters. The van der Waals surface area contributed by atoms with Gasteiger partial charge in [-0.15, -0.1) is 0 Å². The van der Waals surface area contributed by atoms with Crippen LogP contribution in [0.3, 0.4) is 0 Å². The van der Waals surface area contributed by atoms with Crippen molar-refractivity contribution in [1.82, 2.24) is 4.90 Å². The molecule has 0 radical (unpaired) electrons. The number of hydrogen-bond donors (Lipinski definition) is 1. The fourth-order valence-corrected chi connectivity index (χ4v) is 2.27. The molecule has 0 heterocycles. The van der Waals surface area contributed by atoms with Gasteiger partial charge in [0.25, 0.3) is 0 Å². The van der Waals surface area contributed by atoms with E-state index < -0.39 is 11.9 Å². The summed E-state index contributed by atoms with van der Waals surface area (Å²) in [6.07, 6.45) is 0. The van der Waals surface area contributed by atoms with Crippen LogP contribution in [-0.4, -0.2) is 48.1 Å². The van der Waals surface area contributed by atoms with Crippen LogP contribution in [0.1, 0.15) is 26.3 Å². The Morgan fingerprint density at radius 1 is 1.14 bits per heavy atom. The van der Waals surface area contributed by atoms with E-state index in [9.17, 15) is 9.59 Å². The number of aliphatic carboxylic acids is 1. The van der Waals surface area contributed by atoms with Gasteiger partial charge in [-0.25, -0.2) is 0 Å². The Kier molecular flexibility index (Phi) is 6.89. The van der Waals surface area contributed by atoms with E-state index in [1.165, 1.54) is 0 Å². The van der Waals surface area contributed by atoms with Crippen molar-refractivity contribution in [3.05, 3.63) is 29.8 Å². The molecule has 0 aliphatic carbocycles. The number of nitrogens with zero attached hydrogens (tertiary/aromatic N) is 2. The van der Waals surface area contributed by atoms with Crippen molar-refractivity contribution in [3.63, 3.8) is 0 Å². The molecule has 1 unspecified atom stereocenters. The Balaban J connectivity index is 2.93. The Hall–Kier alpha value is -2.04. The number of carbonyl (C=O) groups is 2. The van der Waals surface area contributed by atoms with E-state index >= 15 is 0 Å². The molecule has 0 aliphatic rings. The molecule has 5 heteroatoms. The van der Waals surface area contributed by atoms with E-state index in [-0.39, 0.29) is 12.5 Å². The van der Waals surface area contributed by atoms with Crippen molar-refractivity contribution in [3.8, 4) is 0 Å². The van der Waals surface area contributed by atoms with E-state index in [0.717, 1.165) is 11.3 Å². The Morgan fingerprint density at radius 2 is 1.68 bits per heavy atom. The average Bonchev–Trinajstić information content (AvgIpc) is 2.48. The highest BCUT2D eigenvalue weighted by atomic mass is 16.4. The first-order valence-corrected chi connectivity index (χ1v) is 7.71. The minimum atomic E-state index is -0.854. The van der Waals surface area contributed by atoms with Gasteiger partial charge in [-0.2, -0.15) is 0 Å². The SMILES string of the molecule is CCN(CC)C(=O)CN(CC(C)C(=O)O)c1ccc(C)cc1. The van der Waals surface area contributed by atoms with Gasteiger partial charge in [0, 0.05) is 25.3 Å². The molecule has 1 N–H and O–H groups in total. The van der Waals surface area contributed by atoms with Crippen LogP contribution in [0.15, 0.2) is 24.3 Å². The molecule has 0 saturated carbocycles. The second-order valence-corrected chi connectivity index (χ2v) is 5.52. The number of aryl methyl sites for hydroxylation is 1. The normalized spacial score (nSPS) is 11.8. The quantitative estimate of drug-likeness (QED) is 0.801. The summed E-state index contributed by atoms with van der Waals surface area (Å²) < 4.78 is 0. The molecule has 22 heavy (non-hydrogen) atoms. The van der Waals surface area contributed by atoms with E-state index in [1.807, 2.05) is 49.9 Å². The first kappa shape index (κ1) is 18.0. The van der Waals surface area contributed by atoms with Gasteiger partial charge in [-0.05, 0) is 32.9 Å². The van der Waals surface area contributed by atoms with Crippen LogP contribution in [0.2, 0.25) is 0 Å². The lowest BCUT2D eigenvalue weighted by atomic mass is 10.1. The average molecular weight is 306 g/mol. The fraction of sp³-hybridized carbons (Fsp3) is 0.529. The molecular weight excluding hydrogens is 280 g/mol. The van der Waals surface area contributed by atoms with E-state index in [4.69, 9.17) is 5.11 Å². The fourth-order valence-electron chi connectivity index (χ4n) is 2.27. The summed E-state index contributed by atoms with van der Waals surface area (Å²) in [6, 6.07) is 7.80. The van der Waals surface area contributed by atoms with Gasteiger partial charge >= 0.3 is 5.97 Å². The molecule has 0 aromatic heterocycles. The third-order valence-corrected chi connectivity index (χ3v) is 3.76. The van der Waals surface area contributed by atoms with Gasteiger partial charge in [0.05, 0.1) is 12.5 Å². The van der Waals surface area contributed by atoms with Gasteiger partial charge in [0.15, 0.2) is 0 Å². The van der Waals surface area contributed by atoms with Crippen LogP contribution in [0.25, 0.3) is 0 Å². The maximum absolute atomic E-state index is 12.3. The summed E-state index contributed by atoms with van der Waals surface area (Å²) in [5.41, 5.74) is 2.00. The number of carboxylic acids is 1. The number of carbonyl (C=O) groups excluding carboxylic acids is 1. The molecule has 0 bridgehead atoms. The van der Waals surface area contributed by atoms with Crippen LogP contribution in [0.5, 0.6) is 0 Å². The van der Waals surface area contributed by atoms with Gasteiger partial charge in [-0.1, -0.05) is 24.6 Å². The monoisotopic (exact) mass is 306 g/mol. The number of benzene rings is 1. The number of hydrogen-bond acceptors (Lipinski definition) is 3. The van der Waals surface area contributed by atoms with Crippen LogP contribution >= 0.6 is 0 Å². The van der Waals surface area contributed by atoms with Gasteiger partial charge < -0.3 is 14.9 Å². The third kappa shape index (κ3) is 5.06. The summed E-state index contributed by atoms with van der Waals surface area (Å²) in [5.74, 6) is -1.37. The zero-order valence-corrected chi connectivity index (χ0v) is 13.9. The lowest BCUT2D eigenvalue weighted by Crippen LogP contribution is -2.42. The van der Waals surface area contributed by atoms with E-state index in [2.05, 4.69) is 0 Å². The zero-order chi connectivity index (χ0) is 16.7. The van der Waals surface area contributed by atoms with Gasteiger partial charge in [0.2, 0.25) is 5.91 Å². The number of carboxylic acid groups (broad SMARTS) is 1. The molecule has 0 spiro atoms. The second-order valence-electron chi connectivity index (χ2n) is 5.52. The molecule has 1 aromatic carbocycles. The van der Waals surface area contributed by atoms with Crippen LogP contribution in [-0.2, 0) is 9.59 Å². The van der Waals surface area contributed by atoms with Crippen molar-refractivity contribution in [2.75, 3.05) is 31.1 Å². The lowest BCUT2D eigenvalue weighted by molar-refractivity contribution is -0.141. The molecule has 1 rings (SSSR count). The third-order valence-electron chi connectivity index (χ3n) is 3.76. The molecule has 1 aromatic rings. The molecular formula is C17H26N2O3.